The Balaban J connectivity index is 1.89. The third-order valence-corrected chi connectivity index (χ3v) is 4.46. The third kappa shape index (κ3) is 2.43. The first-order valence-corrected chi connectivity index (χ1v) is 7.90. The van der Waals surface area contributed by atoms with Gasteiger partial charge < -0.3 is 10.2 Å². The van der Waals surface area contributed by atoms with E-state index in [0.717, 1.165) is 49.2 Å². The Morgan fingerprint density at radius 1 is 1.43 bits per heavy atom. The number of amides is 2. The number of benzene rings is 1. The summed E-state index contributed by atoms with van der Waals surface area (Å²) in [6, 6.07) is 4.02. The maximum Gasteiger partial charge on any atom is 0.234 e. The number of anilines is 2. The van der Waals surface area contributed by atoms with Gasteiger partial charge in [-0.25, -0.2) is 0 Å². The van der Waals surface area contributed by atoms with E-state index < -0.39 is 0 Å². The van der Waals surface area contributed by atoms with Gasteiger partial charge in [0.15, 0.2) is 0 Å². The molecule has 0 fully saturated rings. The largest absolute Gasteiger partial charge is 0.326 e. The van der Waals surface area contributed by atoms with E-state index >= 15 is 0 Å². The molecule has 4 heteroatoms. The van der Waals surface area contributed by atoms with Crippen LogP contribution in [0.5, 0.6) is 0 Å². The van der Waals surface area contributed by atoms with E-state index in [9.17, 15) is 9.59 Å². The maximum absolute atomic E-state index is 12.3. The van der Waals surface area contributed by atoms with E-state index in [1.807, 2.05) is 24.0 Å². The molecule has 1 aromatic rings. The van der Waals surface area contributed by atoms with Crippen molar-refractivity contribution in [2.24, 2.45) is 0 Å². The minimum atomic E-state index is -0.0932. The van der Waals surface area contributed by atoms with Gasteiger partial charge in [-0.3, -0.25) is 9.59 Å². The normalized spacial score (nSPS) is 19.6. The lowest BCUT2D eigenvalue weighted by molar-refractivity contribution is -0.119. The molecule has 0 saturated heterocycles. The Hall–Kier alpha value is -1.84. The Morgan fingerprint density at radius 2 is 2.24 bits per heavy atom. The fourth-order valence-corrected chi connectivity index (χ4v) is 3.33. The molecular weight excluding hydrogens is 264 g/mol. The van der Waals surface area contributed by atoms with E-state index in [-0.39, 0.29) is 17.7 Å². The van der Waals surface area contributed by atoms with Gasteiger partial charge in [-0.15, -0.1) is 0 Å². The number of nitrogens with one attached hydrogen (secondary N) is 1. The second-order valence-electron chi connectivity index (χ2n) is 6.04. The van der Waals surface area contributed by atoms with Gasteiger partial charge in [-0.05, 0) is 49.4 Å². The quantitative estimate of drug-likeness (QED) is 0.924. The summed E-state index contributed by atoms with van der Waals surface area (Å²) >= 11 is 0. The number of hydrogen-bond donors (Lipinski definition) is 1. The van der Waals surface area contributed by atoms with E-state index in [4.69, 9.17) is 0 Å². The number of nitrogens with zero attached hydrogens (tertiary/aromatic N) is 1. The minimum absolute atomic E-state index is 0.0636. The van der Waals surface area contributed by atoms with Crippen LogP contribution in [0.15, 0.2) is 12.1 Å². The molecule has 3 rings (SSSR count). The highest BCUT2D eigenvalue weighted by Gasteiger charge is 2.37. The van der Waals surface area contributed by atoms with Crippen LogP contribution < -0.4 is 10.2 Å². The summed E-state index contributed by atoms with van der Waals surface area (Å²) in [5.41, 5.74) is 4.21. The van der Waals surface area contributed by atoms with Crippen LogP contribution in [0.1, 0.15) is 56.6 Å². The smallest absolute Gasteiger partial charge is 0.234 e. The average molecular weight is 286 g/mol. The molecule has 0 aromatic heterocycles. The topological polar surface area (TPSA) is 49.4 Å². The van der Waals surface area contributed by atoms with E-state index in [2.05, 4.69) is 12.2 Å². The highest BCUT2D eigenvalue weighted by Crippen LogP contribution is 2.44. The number of hydrogen-bond acceptors (Lipinski definition) is 2. The standard InChI is InChI=1S/C17H22N2O2/c1-3-4-7-15(20)18-13-9-12-6-5-8-19-16(12)14(10-13)11(2)17(19)21/h9-11H,3-8H2,1-2H3,(H,18,20)/t11-/m0/s1. The van der Waals surface area contributed by atoms with Crippen molar-refractivity contribution < 1.29 is 9.59 Å². The molecule has 0 bridgehead atoms. The van der Waals surface area contributed by atoms with Crippen LogP contribution in [0.2, 0.25) is 0 Å². The summed E-state index contributed by atoms with van der Waals surface area (Å²) in [5.74, 6) is 0.165. The van der Waals surface area contributed by atoms with Crippen LogP contribution in [0, 0.1) is 0 Å². The van der Waals surface area contributed by atoms with Crippen molar-refractivity contribution in [3.8, 4) is 0 Å². The summed E-state index contributed by atoms with van der Waals surface area (Å²) in [6.45, 7) is 4.86. The molecule has 1 atom stereocenters. The van der Waals surface area contributed by atoms with Crippen LogP contribution in [-0.2, 0) is 16.0 Å². The number of unbranched alkanes of at least 4 members (excludes halogenated alkanes) is 1. The minimum Gasteiger partial charge on any atom is -0.326 e. The van der Waals surface area contributed by atoms with Gasteiger partial charge >= 0.3 is 0 Å². The SMILES string of the molecule is CCCCC(=O)Nc1cc2c3c(c1)[C@H](C)C(=O)N3CCC2. The third-order valence-electron chi connectivity index (χ3n) is 4.46. The lowest BCUT2D eigenvalue weighted by Crippen LogP contribution is -2.32. The van der Waals surface area contributed by atoms with Crippen molar-refractivity contribution in [2.75, 3.05) is 16.8 Å². The van der Waals surface area contributed by atoms with Crippen LogP contribution in [0.25, 0.3) is 0 Å². The lowest BCUT2D eigenvalue weighted by atomic mass is 9.96. The van der Waals surface area contributed by atoms with Crippen molar-refractivity contribution in [1.82, 2.24) is 0 Å². The van der Waals surface area contributed by atoms with Crippen molar-refractivity contribution in [3.63, 3.8) is 0 Å². The van der Waals surface area contributed by atoms with Crippen LogP contribution >= 0.6 is 0 Å². The summed E-state index contributed by atoms with van der Waals surface area (Å²) in [4.78, 5) is 26.1. The van der Waals surface area contributed by atoms with Crippen LogP contribution in [-0.4, -0.2) is 18.4 Å². The molecular formula is C17H22N2O2. The first-order valence-electron chi connectivity index (χ1n) is 7.90. The maximum atomic E-state index is 12.3. The zero-order valence-corrected chi connectivity index (χ0v) is 12.7. The fourth-order valence-electron chi connectivity index (χ4n) is 3.33. The zero-order chi connectivity index (χ0) is 15.0. The molecule has 0 spiro atoms. The fraction of sp³-hybridized carbons (Fsp3) is 0.529. The van der Waals surface area contributed by atoms with Crippen molar-refractivity contribution in [3.05, 3.63) is 23.3 Å². The van der Waals surface area contributed by atoms with Crippen molar-refractivity contribution in [2.45, 2.75) is 51.9 Å². The summed E-state index contributed by atoms with van der Waals surface area (Å²) < 4.78 is 0. The lowest BCUT2D eigenvalue weighted by Gasteiger charge is -2.26. The Kier molecular flexibility index (Phi) is 3.70. The summed E-state index contributed by atoms with van der Waals surface area (Å²) in [7, 11) is 0. The highest BCUT2D eigenvalue weighted by atomic mass is 16.2. The van der Waals surface area contributed by atoms with Gasteiger partial charge in [-0.1, -0.05) is 13.3 Å². The van der Waals surface area contributed by atoms with E-state index in [1.165, 1.54) is 5.56 Å². The van der Waals surface area contributed by atoms with Crippen LogP contribution in [0.4, 0.5) is 11.4 Å². The molecule has 2 aliphatic rings. The molecule has 1 N–H and O–H groups in total. The Morgan fingerprint density at radius 3 is 3.00 bits per heavy atom. The number of rotatable bonds is 4. The van der Waals surface area contributed by atoms with Gasteiger partial charge in [-0.2, -0.15) is 0 Å². The van der Waals surface area contributed by atoms with Crippen molar-refractivity contribution >= 4 is 23.2 Å². The molecule has 112 valence electrons. The molecule has 0 saturated carbocycles. The molecule has 2 amide bonds. The van der Waals surface area contributed by atoms with Gasteiger partial charge in [0.1, 0.15) is 0 Å². The average Bonchev–Trinajstić information content (AvgIpc) is 2.72. The predicted octanol–water partition coefficient (Wildman–Crippen LogP) is 3.21. The molecule has 4 nitrogen and oxygen atoms in total. The van der Waals surface area contributed by atoms with E-state index in [0.29, 0.717) is 6.42 Å². The molecule has 1 aromatic carbocycles. The molecule has 2 heterocycles. The Labute approximate surface area is 125 Å². The van der Waals surface area contributed by atoms with Crippen molar-refractivity contribution in [1.29, 1.82) is 0 Å². The zero-order valence-electron chi connectivity index (χ0n) is 12.7. The van der Waals surface area contributed by atoms with Crippen LogP contribution in [0.3, 0.4) is 0 Å². The highest BCUT2D eigenvalue weighted by molar-refractivity contribution is 6.06. The predicted molar refractivity (Wildman–Crippen MR) is 83.7 cm³/mol. The first kappa shape index (κ1) is 14.1. The number of aryl methyl sites for hydroxylation is 1. The first-order chi connectivity index (χ1) is 10.1. The second-order valence-corrected chi connectivity index (χ2v) is 6.04. The van der Waals surface area contributed by atoms with Gasteiger partial charge in [0, 0.05) is 18.7 Å². The molecule has 0 aliphatic carbocycles. The Bertz CT molecular complexity index is 595. The second kappa shape index (κ2) is 5.51. The number of carbonyl (C=O) groups is 2. The number of carbonyl (C=O) groups excluding carboxylic acids is 2. The molecule has 0 unspecified atom stereocenters. The summed E-state index contributed by atoms with van der Waals surface area (Å²) in [5, 5.41) is 2.99. The molecule has 21 heavy (non-hydrogen) atoms. The van der Waals surface area contributed by atoms with Gasteiger partial charge in [0.05, 0.1) is 11.6 Å². The molecule has 0 radical (unpaired) electrons. The summed E-state index contributed by atoms with van der Waals surface area (Å²) in [6.07, 6.45) is 4.47. The van der Waals surface area contributed by atoms with Gasteiger partial charge in [0.25, 0.3) is 0 Å². The van der Waals surface area contributed by atoms with E-state index in [1.54, 1.807) is 0 Å². The molecule has 2 aliphatic heterocycles. The van der Waals surface area contributed by atoms with Gasteiger partial charge in [0.2, 0.25) is 11.8 Å². The monoisotopic (exact) mass is 286 g/mol.